The lowest BCUT2D eigenvalue weighted by molar-refractivity contribution is 1.25. The van der Waals surface area contributed by atoms with Crippen LogP contribution in [0.3, 0.4) is 0 Å². The molecule has 0 heterocycles. The summed E-state index contributed by atoms with van der Waals surface area (Å²) < 4.78 is 0. The molecule has 0 unspecified atom stereocenters. The van der Waals surface area contributed by atoms with E-state index in [1.807, 2.05) is 44.2 Å². The van der Waals surface area contributed by atoms with E-state index in [1.165, 1.54) is 11.1 Å². The van der Waals surface area contributed by atoms with Crippen LogP contribution in [0.1, 0.15) is 25.8 Å². The van der Waals surface area contributed by atoms with E-state index in [1.54, 1.807) is 0 Å². The first-order valence-electron chi connectivity index (χ1n) is 7.12. The van der Waals surface area contributed by atoms with Crippen LogP contribution < -0.4 is 0 Å². The molecule has 0 heteroatoms. The molecule has 0 saturated carbocycles. The zero-order valence-corrected chi connectivity index (χ0v) is 12.6. The number of aryl methyl sites for hydroxylation is 1. The first-order chi connectivity index (χ1) is 9.86. The van der Waals surface area contributed by atoms with Crippen molar-refractivity contribution >= 4 is 0 Å². The van der Waals surface area contributed by atoms with Crippen LogP contribution in [0.15, 0.2) is 89.4 Å². The fraction of sp³-hybridized carbons (Fsp3) is 0.200. The lowest BCUT2D eigenvalue weighted by Crippen LogP contribution is -1.83. The Morgan fingerprint density at radius 2 is 1.75 bits per heavy atom. The van der Waals surface area contributed by atoms with Gasteiger partial charge in [-0.25, -0.2) is 0 Å². The first-order valence-corrected chi connectivity index (χ1v) is 7.12. The van der Waals surface area contributed by atoms with E-state index in [0.29, 0.717) is 0 Å². The normalized spacial score (nSPS) is 13.8. The molecule has 2 aliphatic carbocycles. The van der Waals surface area contributed by atoms with Crippen LogP contribution >= 0.6 is 0 Å². The molecule has 0 aliphatic heterocycles. The Balaban J connectivity index is 0.000000193. The molecular formula is C20H22. The van der Waals surface area contributed by atoms with Crippen molar-refractivity contribution in [3.8, 4) is 0 Å². The number of benzene rings is 1. The summed E-state index contributed by atoms with van der Waals surface area (Å²) in [5.74, 6) is 0. The smallest absolute Gasteiger partial charge is 0.0284 e. The maximum Gasteiger partial charge on any atom is 0.0284 e. The van der Waals surface area contributed by atoms with Crippen LogP contribution in [0, 0.1) is 6.92 Å². The maximum atomic E-state index is 3.08. The Kier molecular flexibility index (Phi) is 7.62. The van der Waals surface area contributed by atoms with Crippen LogP contribution in [0.25, 0.3) is 0 Å². The van der Waals surface area contributed by atoms with E-state index >= 15 is 0 Å². The fourth-order valence-electron chi connectivity index (χ4n) is 1.72. The number of allylic oxidation sites excluding steroid dienone is 8. The van der Waals surface area contributed by atoms with E-state index in [9.17, 15) is 0 Å². The second kappa shape index (κ2) is 9.64. The minimum absolute atomic E-state index is 1.01. The molecule has 0 nitrogen and oxygen atoms in total. The molecule has 20 heavy (non-hydrogen) atoms. The largest absolute Gasteiger partial charge is 0.0801 e. The summed E-state index contributed by atoms with van der Waals surface area (Å²) in [6, 6.07) is 10.3. The summed E-state index contributed by atoms with van der Waals surface area (Å²) in [6.45, 7) is 6.08. The van der Waals surface area contributed by atoms with Gasteiger partial charge in [-0.1, -0.05) is 79.4 Å². The van der Waals surface area contributed by atoms with Crippen molar-refractivity contribution in [2.24, 2.45) is 0 Å². The third-order valence-corrected chi connectivity index (χ3v) is 2.71. The Morgan fingerprint density at radius 1 is 1.00 bits per heavy atom. The highest BCUT2D eigenvalue weighted by molar-refractivity contribution is 5.46. The molecule has 0 N–H and O–H groups in total. The van der Waals surface area contributed by atoms with E-state index in [4.69, 9.17) is 0 Å². The fourth-order valence-corrected chi connectivity index (χ4v) is 1.72. The molecule has 0 bridgehead atoms. The maximum absolute atomic E-state index is 3.08. The van der Waals surface area contributed by atoms with Gasteiger partial charge in [0.05, 0.1) is 0 Å². The van der Waals surface area contributed by atoms with Gasteiger partial charge in [0.15, 0.2) is 0 Å². The third kappa shape index (κ3) is 5.59. The van der Waals surface area contributed by atoms with Crippen molar-refractivity contribution in [1.82, 2.24) is 0 Å². The molecule has 0 spiro atoms. The molecule has 2 aliphatic rings. The molecule has 1 aromatic rings. The summed E-state index contributed by atoms with van der Waals surface area (Å²) in [5.41, 5.74) is 9.83. The van der Waals surface area contributed by atoms with Crippen molar-refractivity contribution in [2.45, 2.75) is 27.2 Å². The summed E-state index contributed by atoms with van der Waals surface area (Å²) in [5, 5.41) is 0. The van der Waals surface area contributed by atoms with E-state index in [2.05, 4.69) is 54.8 Å². The minimum Gasteiger partial charge on any atom is -0.0801 e. The Labute approximate surface area is 122 Å². The molecule has 0 amide bonds. The second-order valence-electron chi connectivity index (χ2n) is 4.19. The lowest BCUT2D eigenvalue weighted by Gasteiger charge is -2.01. The van der Waals surface area contributed by atoms with Gasteiger partial charge in [-0.2, -0.15) is 0 Å². The Bertz CT molecular complexity index is 582. The summed E-state index contributed by atoms with van der Waals surface area (Å²) in [7, 11) is 0. The number of hydrogen-bond acceptors (Lipinski definition) is 0. The third-order valence-electron chi connectivity index (χ3n) is 2.71. The quantitative estimate of drug-likeness (QED) is 0.526. The molecule has 3 rings (SSSR count). The van der Waals surface area contributed by atoms with E-state index in [0.717, 1.165) is 12.0 Å². The monoisotopic (exact) mass is 262 g/mol. The van der Waals surface area contributed by atoms with Crippen LogP contribution in [-0.4, -0.2) is 0 Å². The average molecular weight is 262 g/mol. The van der Waals surface area contributed by atoms with Crippen LogP contribution in [0.4, 0.5) is 0 Å². The highest BCUT2D eigenvalue weighted by atomic mass is 14.0. The van der Waals surface area contributed by atoms with Crippen molar-refractivity contribution in [3.05, 3.63) is 95.0 Å². The Hall–Kier alpha value is -2.26. The van der Waals surface area contributed by atoms with Crippen molar-refractivity contribution in [3.63, 3.8) is 0 Å². The predicted octanol–water partition coefficient (Wildman–Crippen LogP) is 5.70. The van der Waals surface area contributed by atoms with Gasteiger partial charge >= 0.3 is 0 Å². The zero-order valence-electron chi connectivity index (χ0n) is 12.6. The SMILES string of the molecule is C1=C=C2C=CC=CCC2=CC=1.CC.Cc1ccccc1. The Morgan fingerprint density at radius 3 is 2.40 bits per heavy atom. The van der Waals surface area contributed by atoms with Gasteiger partial charge in [0.1, 0.15) is 0 Å². The van der Waals surface area contributed by atoms with Crippen LogP contribution in [0.5, 0.6) is 0 Å². The molecule has 0 aromatic heterocycles. The van der Waals surface area contributed by atoms with Crippen LogP contribution in [-0.2, 0) is 0 Å². The van der Waals surface area contributed by atoms with Crippen LogP contribution in [0.2, 0.25) is 0 Å². The van der Waals surface area contributed by atoms with Gasteiger partial charge in [0.25, 0.3) is 0 Å². The van der Waals surface area contributed by atoms with Gasteiger partial charge in [-0.3, -0.25) is 0 Å². The molecule has 0 atom stereocenters. The van der Waals surface area contributed by atoms with Crippen molar-refractivity contribution in [1.29, 1.82) is 0 Å². The lowest BCUT2D eigenvalue weighted by atomic mass is 10.0. The molecule has 0 radical (unpaired) electrons. The summed E-state index contributed by atoms with van der Waals surface area (Å²) >= 11 is 0. The van der Waals surface area contributed by atoms with E-state index in [-0.39, 0.29) is 0 Å². The second-order valence-corrected chi connectivity index (χ2v) is 4.19. The predicted molar refractivity (Wildman–Crippen MR) is 88.6 cm³/mol. The number of fused-ring (bicyclic) bond motifs is 1. The molecule has 102 valence electrons. The van der Waals surface area contributed by atoms with Gasteiger partial charge < -0.3 is 0 Å². The molecule has 1 aromatic carbocycles. The first kappa shape index (κ1) is 15.8. The average Bonchev–Trinajstić information content (AvgIpc) is 2.76. The van der Waals surface area contributed by atoms with Gasteiger partial charge in [0, 0.05) is 5.57 Å². The van der Waals surface area contributed by atoms with Crippen molar-refractivity contribution < 1.29 is 0 Å². The van der Waals surface area contributed by atoms with Gasteiger partial charge in [0.2, 0.25) is 0 Å². The standard InChI is InChI=1S/C11H8.C7H8.C2H6/c1-2-6-10-8-4-5-9-11(10)7-3-1;1-7-5-3-2-4-6-7;1-2/h1-4,7-8H,6H2;2-6H,1H3;1-2H3. The van der Waals surface area contributed by atoms with Crippen molar-refractivity contribution in [2.75, 3.05) is 0 Å². The molecule has 0 fully saturated rings. The number of hydrogen-bond donors (Lipinski definition) is 0. The summed E-state index contributed by atoms with van der Waals surface area (Å²) in [4.78, 5) is 0. The molecular weight excluding hydrogens is 240 g/mol. The number of rotatable bonds is 0. The minimum atomic E-state index is 1.01. The zero-order chi connectivity index (χ0) is 14.6. The van der Waals surface area contributed by atoms with Gasteiger partial charge in [-0.15, -0.1) is 0 Å². The topological polar surface area (TPSA) is 0 Å². The summed E-state index contributed by atoms with van der Waals surface area (Å²) in [6.07, 6.45) is 13.3. The molecule has 0 saturated heterocycles. The van der Waals surface area contributed by atoms with Gasteiger partial charge in [-0.05, 0) is 37.1 Å². The highest BCUT2D eigenvalue weighted by Crippen LogP contribution is 2.19. The van der Waals surface area contributed by atoms with E-state index < -0.39 is 0 Å². The highest BCUT2D eigenvalue weighted by Gasteiger charge is 2.01.